The molecule has 0 aromatic carbocycles. The van der Waals surface area contributed by atoms with Gasteiger partial charge in [-0.25, -0.2) is 9.78 Å². The van der Waals surface area contributed by atoms with E-state index in [-0.39, 0.29) is 17.6 Å². The third-order valence-corrected chi connectivity index (χ3v) is 4.08. The zero-order valence-electron chi connectivity index (χ0n) is 11.7. The molecule has 1 saturated heterocycles. The van der Waals surface area contributed by atoms with E-state index in [1.54, 1.807) is 4.57 Å². The molecule has 7 nitrogen and oxygen atoms in total. The summed E-state index contributed by atoms with van der Waals surface area (Å²) in [6.07, 6.45) is 3.11. The summed E-state index contributed by atoms with van der Waals surface area (Å²) in [5.41, 5.74) is 0.591. The van der Waals surface area contributed by atoms with Crippen LogP contribution in [-0.4, -0.2) is 48.7 Å². The molecule has 3 heterocycles. The molecule has 2 N–H and O–H groups in total. The zero-order chi connectivity index (χ0) is 14.3. The van der Waals surface area contributed by atoms with Crippen molar-refractivity contribution in [1.82, 2.24) is 24.4 Å². The standard InChI is InChI=1S/C13H19N5O2/c1-8(2)17-5-3-9(4-6-17)18-11-10(16-13(18)20)12(19)15-7-14-11/h7-9H,3-6H2,1-2H3,(H,16,20)(H,14,15,19). The van der Waals surface area contributed by atoms with E-state index in [0.717, 1.165) is 25.9 Å². The van der Waals surface area contributed by atoms with Crippen LogP contribution in [0.4, 0.5) is 0 Å². The first kappa shape index (κ1) is 13.1. The molecule has 0 aliphatic carbocycles. The van der Waals surface area contributed by atoms with Crippen LogP contribution in [0.3, 0.4) is 0 Å². The quantitative estimate of drug-likeness (QED) is 0.850. The lowest BCUT2D eigenvalue weighted by Gasteiger charge is -2.34. The highest BCUT2D eigenvalue weighted by molar-refractivity contribution is 5.75. The molecule has 0 unspecified atom stereocenters. The Morgan fingerprint density at radius 3 is 2.70 bits per heavy atom. The van der Waals surface area contributed by atoms with E-state index in [2.05, 4.69) is 33.7 Å². The van der Waals surface area contributed by atoms with Crippen LogP contribution in [0, 0.1) is 0 Å². The Balaban J connectivity index is 1.94. The van der Waals surface area contributed by atoms with Crippen molar-refractivity contribution in [3.63, 3.8) is 0 Å². The van der Waals surface area contributed by atoms with Crippen molar-refractivity contribution < 1.29 is 5.11 Å². The minimum atomic E-state index is -0.223. The highest BCUT2D eigenvalue weighted by atomic mass is 16.3. The summed E-state index contributed by atoms with van der Waals surface area (Å²) < 4.78 is 1.66. The van der Waals surface area contributed by atoms with Crippen molar-refractivity contribution in [2.24, 2.45) is 0 Å². The van der Waals surface area contributed by atoms with Crippen LogP contribution in [0.25, 0.3) is 11.2 Å². The van der Waals surface area contributed by atoms with Crippen LogP contribution in [-0.2, 0) is 0 Å². The van der Waals surface area contributed by atoms with Crippen LogP contribution < -0.4 is 5.69 Å². The van der Waals surface area contributed by atoms with Crippen molar-refractivity contribution in [3.8, 4) is 5.88 Å². The molecule has 2 aromatic heterocycles. The largest absolute Gasteiger partial charge is 0.492 e. The maximum absolute atomic E-state index is 12.1. The number of aromatic nitrogens is 4. The van der Waals surface area contributed by atoms with Crippen molar-refractivity contribution in [2.45, 2.75) is 38.8 Å². The number of aromatic amines is 1. The lowest BCUT2D eigenvalue weighted by molar-refractivity contribution is 0.152. The lowest BCUT2D eigenvalue weighted by atomic mass is 10.0. The number of piperidine rings is 1. The number of hydrogen-bond acceptors (Lipinski definition) is 5. The molecule has 3 rings (SSSR count). The molecule has 1 aliphatic heterocycles. The van der Waals surface area contributed by atoms with E-state index in [9.17, 15) is 9.90 Å². The highest BCUT2D eigenvalue weighted by Gasteiger charge is 2.25. The second kappa shape index (κ2) is 4.90. The highest BCUT2D eigenvalue weighted by Crippen LogP contribution is 2.26. The molecule has 108 valence electrons. The zero-order valence-corrected chi connectivity index (χ0v) is 11.7. The molecular weight excluding hydrogens is 258 g/mol. The van der Waals surface area contributed by atoms with E-state index in [1.807, 2.05) is 0 Å². The SMILES string of the molecule is CC(C)N1CCC(n2c(=O)[nH]c3c(O)ncnc32)CC1. The number of rotatable bonds is 2. The summed E-state index contributed by atoms with van der Waals surface area (Å²) in [6.45, 7) is 6.31. The summed E-state index contributed by atoms with van der Waals surface area (Å²) in [5.74, 6) is -0.175. The van der Waals surface area contributed by atoms with Gasteiger partial charge in [0.2, 0.25) is 5.88 Å². The van der Waals surface area contributed by atoms with E-state index in [1.165, 1.54) is 6.33 Å². The second-order valence-electron chi connectivity index (χ2n) is 5.56. The van der Waals surface area contributed by atoms with E-state index in [4.69, 9.17) is 0 Å². The van der Waals surface area contributed by atoms with Gasteiger partial charge in [-0.05, 0) is 26.7 Å². The Labute approximate surface area is 116 Å². The minimum absolute atomic E-state index is 0.126. The fraction of sp³-hybridized carbons (Fsp3) is 0.615. The molecule has 1 aliphatic rings. The number of fused-ring (bicyclic) bond motifs is 1. The molecule has 0 amide bonds. The Kier molecular flexibility index (Phi) is 3.21. The fourth-order valence-electron chi connectivity index (χ4n) is 2.92. The van der Waals surface area contributed by atoms with Gasteiger partial charge in [0.15, 0.2) is 5.65 Å². The summed E-state index contributed by atoms with van der Waals surface area (Å²) in [5, 5.41) is 9.68. The molecule has 2 aromatic rings. The normalized spacial score (nSPS) is 18.1. The summed E-state index contributed by atoms with van der Waals surface area (Å²) >= 11 is 0. The molecular formula is C13H19N5O2. The van der Waals surface area contributed by atoms with E-state index >= 15 is 0 Å². The van der Waals surface area contributed by atoms with Crippen LogP contribution in [0.15, 0.2) is 11.1 Å². The number of imidazole rings is 1. The van der Waals surface area contributed by atoms with E-state index < -0.39 is 0 Å². The van der Waals surface area contributed by atoms with Gasteiger partial charge in [0, 0.05) is 25.2 Å². The molecule has 0 bridgehead atoms. The summed E-state index contributed by atoms with van der Waals surface area (Å²) in [6, 6.07) is 0.655. The molecule has 1 fully saturated rings. The molecule has 7 heteroatoms. The van der Waals surface area contributed by atoms with Gasteiger partial charge in [-0.15, -0.1) is 0 Å². The number of hydrogen-bond donors (Lipinski definition) is 2. The van der Waals surface area contributed by atoms with Gasteiger partial charge in [-0.2, -0.15) is 4.98 Å². The van der Waals surface area contributed by atoms with Gasteiger partial charge >= 0.3 is 5.69 Å². The third kappa shape index (κ3) is 2.07. The first-order valence-electron chi connectivity index (χ1n) is 6.96. The van der Waals surface area contributed by atoms with Crippen molar-refractivity contribution >= 4 is 11.2 Å². The van der Waals surface area contributed by atoms with Crippen LogP contribution >= 0.6 is 0 Å². The molecule has 0 radical (unpaired) electrons. The van der Waals surface area contributed by atoms with E-state index in [0.29, 0.717) is 17.2 Å². The predicted octanol–water partition coefficient (Wildman–Crippen LogP) is 0.870. The predicted molar refractivity (Wildman–Crippen MR) is 74.8 cm³/mol. The Morgan fingerprint density at radius 1 is 1.35 bits per heavy atom. The molecule has 20 heavy (non-hydrogen) atoms. The van der Waals surface area contributed by atoms with Crippen molar-refractivity contribution in [3.05, 3.63) is 16.8 Å². The Hall–Kier alpha value is -1.89. The van der Waals surface area contributed by atoms with Gasteiger partial charge < -0.3 is 10.0 Å². The van der Waals surface area contributed by atoms with Gasteiger partial charge in [0.05, 0.1) is 0 Å². The second-order valence-corrected chi connectivity index (χ2v) is 5.56. The maximum Gasteiger partial charge on any atom is 0.328 e. The number of aromatic hydroxyl groups is 1. The van der Waals surface area contributed by atoms with Gasteiger partial charge in [-0.3, -0.25) is 9.55 Å². The van der Waals surface area contributed by atoms with Gasteiger partial charge in [-0.1, -0.05) is 0 Å². The average molecular weight is 277 g/mol. The smallest absolute Gasteiger partial charge is 0.328 e. The van der Waals surface area contributed by atoms with Crippen molar-refractivity contribution in [1.29, 1.82) is 0 Å². The number of nitrogens with one attached hydrogen (secondary N) is 1. The maximum atomic E-state index is 12.1. The Bertz CT molecular complexity index is 667. The molecule has 0 atom stereocenters. The number of H-pyrrole nitrogens is 1. The lowest BCUT2D eigenvalue weighted by Crippen LogP contribution is -2.40. The minimum Gasteiger partial charge on any atom is -0.492 e. The summed E-state index contributed by atoms with van der Waals surface area (Å²) in [4.78, 5) is 25.0. The molecule has 0 spiro atoms. The molecule has 0 saturated carbocycles. The van der Waals surface area contributed by atoms with Crippen LogP contribution in [0.2, 0.25) is 0 Å². The monoisotopic (exact) mass is 277 g/mol. The number of nitrogens with zero attached hydrogens (tertiary/aromatic N) is 4. The number of likely N-dealkylation sites (tertiary alicyclic amines) is 1. The Morgan fingerprint density at radius 2 is 2.05 bits per heavy atom. The average Bonchev–Trinajstić information content (AvgIpc) is 2.77. The van der Waals surface area contributed by atoms with Crippen LogP contribution in [0.5, 0.6) is 5.88 Å². The van der Waals surface area contributed by atoms with Gasteiger partial charge in [0.1, 0.15) is 11.8 Å². The topological polar surface area (TPSA) is 87.0 Å². The summed E-state index contributed by atoms with van der Waals surface area (Å²) in [7, 11) is 0. The fourth-order valence-corrected chi connectivity index (χ4v) is 2.92. The van der Waals surface area contributed by atoms with Crippen molar-refractivity contribution in [2.75, 3.05) is 13.1 Å². The third-order valence-electron chi connectivity index (χ3n) is 4.08. The first-order chi connectivity index (χ1) is 9.58. The van der Waals surface area contributed by atoms with Crippen LogP contribution in [0.1, 0.15) is 32.7 Å². The van der Waals surface area contributed by atoms with Gasteiger partial charge in [0.25, 0.3) is 0 Å². The first-order valence-corrected chi connectivity index (χ1v) is 6.96.